The van der Waals surface area contributed by atoms with Crippen LogP contribution in [-0.2, 0) is 6.42 Å². The first-order valence-corrected chi connectivity index (χ1v) is 6.16. The Labute approximate surface area is 112 Å². The highest BCUT2D eigenvalue weighted by molar-refractivity contribution is 5.69. The van der Waals surface area contributed by atoms with E-state index in [4.69, 9.17) is 5.73 Å². The van der Waals surface area contributed by atoms with Gasteiger partial charge in [0.1, 0.15) is 0 Å². The van der Waals surface area contributed by atoms with Crippen molar-refractivity contribution in [2.45, 2.75) is 13.3 Å². The van der Waals surface area contributed by atoms with Gasteiger partial charge in [-0.3, -0.25) is 10.1 Å². The van der Waals surface area contributed by atoms with E-state index in [0.717, 1.165) is 23.1 Å². The van der Waals surface area contributed by atoms with Crippen molar-refractivity contribution in [1.82, 2.24) is 0 Å². The maximum atomic E-state index is 10.8. The third kappa shape index (κ3) is 2.98. The number of nitrogens with two attached hydrogens (primary N) is 1. The van der Waals surface area contributed by atoms with E-state index in [1.165, 1.54) is 11.6 Å². The molecule has 0 aliphatic heterocycles. The highest BCUT2D eigenvalue weighted by Gasteiger charge is 2.10. The number of benzene rings is 2. The molecule has 0 amide bonds. The van der Waals surface area contributed by atoms with E-state index < -0.39 is 0 Å². The summed E-state index contributed by atoms with van der Waals surface area (Å²) in [6, 6.07) is 12.9. The summed E-state index contributed by atoms with van der Waals surface area (Å²) in [6.07, 6.45) is 0.841. The van der Waals surface area contributed by atoms with E-state index in [1.54, 1.807) is 12.1 Å². The van der Waals surface area contributed by atoms with E-state index >= 15 is 0 Å². The molecule has 0 saturated heterocycles. The molecule has 0 radical (unpaired) electrons. The van der Waals surface area contributed by atoms with Crippen molar-refractivity contribution in [1.29, 1.82) is 0 Å². The van der Waals surface area contributed by atoms with Crippen molar-refractivity contribution in [2.75, 3.05) is 6.54 Å². The lowest BCUT2D eigenvalue weighted by atomic mass is 9.98. The maximum absolute atomic E-state index is 10.8. The van der Waals surface area contributed by atoms with E-state index in [1.807, 2.05) is 31.2 Å². The number of nitrogens with zero attached hydrogens (tertiary/aromatic N) is 1. The molecule has 0 fully saturated rings. The topological polar surface area (TPSA) is 69.2 Å². The minimum atomic E-state index is -0.369. The summed E-state index contributed by atoms with van der Waals surface area (Å²) in [7, 11) is 0. The predicted octanol–water partition coefficient (Wildman–Crippen LogP) is 3.07. The van der Waals surface area contributed by atoms with Gasteiger partial charge in [-0.25, -0.2) is 0 Å². The molecule has 0 spiro atoms. The number of aryl methyl sites for hydroxylation is 1. The van der Waals surface area contributed by atoms with Crippen LogP contribution in [0.1, 0.15) is 11.1 Å². The fraction of sp³-hybridized carbons (Fsp3) is 0.200. The van der Waals surface area contributed by atoms with Crippen molar-refractivity contribution >= 4 is 5.69 Å². The molecule has 19 heavy (non-hydrogen) atoms. The Balaban J connectivity index is 2.40. The third-order valence-electron chi connectivity index (χ3n) is 3.13. The second-order valence-corrected chi connectivity index (χ2v) is 4.49. The normalized spacial score (nSPS) is 10.4. The zero-order chi connectivity index (χ0) is 13.8. The van der Waals surface area contributed by atoms with Crippen LogP contribution in [0.4, 0.5) is 5.69 Å². The fourth-order valence-electron chi connectivity index (χ4n) is 2.05. The molecule has 0 aliphatic carbocycles. The SMILES string of the molecule is Cc1ccc([N+](=O)[O-])cc1-c1ccc(CCN)cc1. The average Bonchev–Trinajstić information content (AvgIpc) is 2.40. The zero-order valence-electron chi connectivity index (χ0n) is 10.8. The number of hydrogen-bond donors (Lipinski definition) is 1. The molecule has 0 unspecified atom stereocenters. The molecular formula is C15H16N2O2. The van der Waals surface area contributed by atoms with Gasteiger partial charge in [-0.05, 0) is 42.1 Å². The Bertz CT molecular complexity index is 592. The van der Waals surface area contributed by atoms with Crippen molar-refractivity contribution < 1.29 is 4.92 Å². The van der Waals surface area contributed by atoms with Gasteiger partial charge in [-0.15, -0.1) is 0 Å². The third-order valence-corrected chi connectivity index (χ3v) is 3.13. The quantitative estimate of drug-likeness (QED) is 0.675. The van der Waals surface area contributed by atoms with Crippen LogP contribution in [0.2, 0.25) is 0 Å². The first kappa shape index (κ1) is 13.2. The Morgan fingerprint density at radius 1 is 1.16 bits per heavy atom. The standard InChI is InChI=1S/C15H16N2O2/c1-11-2-7-14(17(18)19)10-15(11)13-5-3-12(4-6-13)8-9-16/h2-7,10H,8-9,16H2,1H3. The van der Waals surface area contributed by atoms with Gasteiger partial charge in [0.25, 0.3) is 5.69 Å². The van der Waals surface area contributed by atoms with E-state index in [-0.39, 0.29) is 10.6 Å². The summed E-state index contributed by atoms with van der Waals surface area (Å²) in [4.78, 5) is 10.5. The van der Waals surface area contributed by atoms with E-state index in [0.29, 0.717) is 6.54 Å². The van der Waals surface area contributed by atoms with Crippen LogP contribution in [0, 0.1) is 17.0 Å². The largest absolute Gasteiger partial charge is 0.330 e. The monoisotopic (exact) mass is 256 g/mol. The molecule has 2 aromatic rings. The lowest BCUT2D eigenvalue weighted by Gasteiger charge is -2.07. The van der Waals surface area contributed by atoms with Gasteiger partial charge in [0.2, 0.25) is 0 Å². The summed E-state index contributed by atoms with van der Waals surface area (Å²) < 4.78 is 0. The van der Waals surface area contributed by atoms with Crippen LogP contribution in [0.5, 0.6) is 0 Å². The molecule has 2 aromatic carbocycles. The van der Waals surface area contributed by atoms with E-state index in [9.17, 15) is 10.1 Å². The highest BCUT2D eigenvalue weighted by atomic mass is 16.6. The van der Waals surface area contributed by atoms with Crippen LogP contribution in [0.25, 0.3) is 11.1 Å². The molecule has 0 aromatic heterocycles. The molecule has 4 nitrogen and oxygen atoms in total. The average molecular weight is 256 g/mol. The highest BCUT2D eigenvalue weighted by Crippen LogP contribution is 2.27. The number of rotatable bonds is 4. The molecule has 0 atom stereocenters. The summed E-state index contributed by atoms with van der Waals surface area (Å²) in [5, 5.41) is 10.8. The van der Waals surface area contributed by atoms with Gasteiger partial charge in [-0.1, -0.05) is 30.3 Å². The summed E-state index contributed by atoms with van der Waals surface area (Å²) in [5.74, 6) is 0. The Morgan fingerprint density at radius 2 is 1.84 bits per heavy atom. The maximum Gasteiger partial charge on any atom is 0.270 e. The molecular weight excluding hydrogens is 240 g/mol. The number of non-ortho nitro benzene ring substituents is 1. The summed E-state index contributed by atoms with van der Waals surface area (Å²) >= 11 is 0. The summed E-state index contributed by atoms with van der Waals surface area (Å²) in [6.45, 7) is 2.57. The van der Waals surface area contributed by atoms with Gasteiger partial charge in [0.15, 0.2) is 0 Å². The lowest BCUT2D eigenvalue weighted by Crippen LogP contribution is -2.02. The molecule has 0 heterocycles. The Morgan fingerprint density at radius 3 is 2.42 bits per heavy atom. The minimum Gasteiger partial charge on any atom is -0.330 e. The van der Waals surface area contributed by atoms with E-state index in [2.05, 4.69) is 0 Å². The Kier molecular flexibility index (Phi) is 3.92. The number of hydrogen-bond acceptors (Lipinski definition) is 3. The number of nitro groups is 1. The predicted molar refractivity (Wildman–Crippen MR) is 76.0 cm³/mol. The van der Waals surface area contributed by atoms with Crippen LogP contribution < -0.4 is 5.73 Å². The first-order chi connectivity index (χ1) is 9.11. The molecule has 98 valence electrons. The van der Waals surface area contributed by atoms with Gasteiger partial charge in [0.05, 0.1) is 4.92 Å². The van der Waals surface area contributed by atoms with Gasteiger partial charge < -0.3 is 5.73 Å². The smallest absolute Gasteiger partial charge is 0.270 e. The molecule has 4 heteroatoms. The lowest BCUT2D eigenvalue weighted by molar-refractivity contribution is -0.384. The van der Waals surface area contributed by atoms with Gasteiger partial charge >= 0.3 is 0 Å². The molecule has 0 aliphatic rings. The zero-order valence-corrected chi connectivity index (χ0v) is 10.8. The van der Waals surface area contributed by atoms with Gasteiger partial charge in [0, 0.05) is 12.1 Å². The molecule has 0 bridgehead atoms. The molecule has 2 N–H and O–H groups in total. The van der Waals surface area contributed by atoms with Crippen molar-refractivity contribution in [3.8, 4) is 11.1 Å². The molecule has 2 rings (SSSR count). The van der Waals surface area contributed by atoms with Crippen molar-refractivity contribution in [3.05, 3.63) is 63.7 Å². The minimum absolute atomic E-state index is 0.117. The molecule has 0 saturated carbocycles. The second-order valence-electron chi connectivity index (χ2n) is 4.49. The van der Waals surface area contributed by atoms with Gasteiger partial charge in [-0.2, -0.15) is 0 Å². The van der Waals surface area contributed by atoms with Crippen LogP contribution in [-0.4, -0.2) is 11.5 Å². The number of nitro benzene ring substituents is 1. The summed E-state index contributed by atoms with van der Waals surface area (Å²) in [5.41, 5.74) is 9.71. The van der Waals surface area contributed by atoms with Crippen molar-refractivity contribution in [2.24, 2.45) is 5.73 Å². The van der Waals surface area contributed by atoms with Crippen LogP contribution in [0.3, 0.4) is 0 Å². The first-order valence-electron chi connectivity index (χ1n) is 6.16. The second kappa shape index (κ2) is 5.63. The van der Waals surface area contributed by atoms with Crippen molar-refractivity contribution in [3.63, 3.8) is 0 Å². The fourth-order valence-corrected chi connectivity index (χ4v) is 2.05. The van der Waals surface area contributed by atoms with Crippen LogP contribution >= 0.6 is 0 Å². The van der Waals surface area contributed by atoms with Crippen LogP contribution in [0.15, 0.2) is 42.5 Å². The Hall–Kier alpha value is -2.20.